The van der Waals surface area contributed by atoms with Crippen molar-refractivity contribution in [3.05, 3.63) is 46.5 Å². The zero-order valence-electron chi connectivity index (χ0n) is 42.3. The van der Waals surface area contributed by atoms with E-state index in [1.165, 1.54) is 22.7 Å². The number of nitrogens with zero attached hydrogens (tertiary/aromatic N) is 6. The summed E-state index contributed by atoms with van der Waals surface area (Å²) >= 11 is 0. The highest BCUT2D eigenvalue weighted by atomic mass is 32.2. The number of rotatable bonds is 20. The van der Waals surface area contributed by atoms with E-state index in [1.807, 2.05) is 23.9 Å². The van der Waals surface area contributed by atoms with E-state index in [4.69, 9.17) is 18.9 Å². The molecule has 18 nitrogen and oxygen atoms in total. The zero-order chi connectivity index (χ0) is 49.8. The lowest BCUT2D eigenvalue weighted by Gasteiger charge is -2.33. The van der Waals surface area contributed by atoms with E-state index in [2.05, 4.69) is 20.4 Å². The van der Waals surface area contributed by atoms with Gasteiger partial charge in [0.05, 0.1) is 37.2 Å². The number of likely N-dealkylation sites (N-methyl/N-ethyl adjacent to an activating group) is 4. The van der Waals surface area contributed by atoms with Crippen LogP contribution in [0.2, 0.25) is 0 Å². The normalized spacial score (nSPS) is 21.7. The monoisotopic (exact) mass is 993 g/mol. The molecule has 0 radical (unpaired) electrons. The van der Waals surface area contributed by atoms with Crippen LogP contribution < -0.4 is 20.1 Å². The standard InChI is InChI=1S/2C24H40N4O5S/c2*1-18-14-22(32-5)15-19(2)24(18)34(30,31)26(3)12-13-33-17-23(29)27(4)20-6-7-21(16-20)28-10-8-25-9-11-28/h2*14-15,20-21,25H,6-13,16-17H2,1-5H3/t20-,21+;/m1./s1. The van der Waals surface area contributed by atoms with Crippen LogP contribution in [0, 0.1) is 27.7 Å². The number of ether oxygens (including phenoxy) is 4. The van der Waals surface area contributed by atoms with Crippen molar-refractivity contribution in [2.75, 3.05) is 134 Å². The molecule has 0 bridgehead atoms. The minimum absolute atomic E-state index is 0.0419. The first kappa shape index (κ1) is 55.5. The number of nitrogens with one attached hydrogen (secondary N) is 2. The molecule has 20 heteroatoms. The summed E-state index contributed by atoms with van der Waals surface area (Å²) < 4.78 is 76.5. The molecule has 2 aliphatic heterocycles. The number of amides is 2. The fourth-order valence-electron chi connectivity index (χ4n) is 10.1. The lowest BCUT2D eigenvalue weighted by molar-refractivity contribution is -0.137. The molecular weight excluding hydrogens is 913 g/mol. The Morgan fingerprint density at radius 2 is 0.897 bits per heavy atom. The Hall–Kier alpha value is -3.44. The van der Waals surface area contributed by atoms with Gasteiger partial charge in [0.25, 0.3) is 0 Å². The van der Waals surface area contributed by atoms with Crippen molar-refractivity contribution in [1.82, 2.24) is 38.8 Å². The smallest absolute Gasteiger partial charge is 0.248 e. The van der Waals surface area contributed by atoms with Gasteiger partial charge in [-0.15, -0.1) is 0 Å². The maximum atomic E-state index is 13.1. The van der Waals surface area contributed by atoms with E-state index >= 15 is 0 Å². The van der Waals surface area contributed by atoms with Crippen molar-refractivity contribution in [2.24, 2.45) is 0 Å². The average molecular weight is 993 g/mol. The van der Waals surface area contributed by atoms with Gasteiger partial charge in [-0.1, -0.05) is 0 Å². The van der Waals surface area contributed by atoms with Gasteiger partial charge in [0.2, 0.25) is 31.9 Å². The molecule has 2 aromatic carbocycles. The third-order valence-electron chi connectivity index (χ3n) is 14.2. The van der Waals surface area contributed by atoms with E-state index in [-0.39, 0.29) is 73.2 Å². The number of piperazine rings is 2. The average Bonchev–Trinajstić information content (AvgIpc) is 4.03. The highest BCUT2D eigenvalue weighted by Crippen LogP contribution is 2.31. The Kier molecular flexibility index (Phi) is 20.9. The van der Waals surface area contributed by atoms with Gasteiger partial charge >= 0.3 is 0 Å². The van der Waals surface area contributed by atoms with Crippen molar-refractivity contribution in [3.8, 4) is 11.5 Å². The summed E-state index contributed by atoms with van der Waals surface area (Å²) in [5, 5.41) is 6.77. The van der Waals surface area contributed by atoms with Crippen LogP contribution in [0.25, 0.3) is 0 Å². The molecule has 4 aliphatic rings. The molecule has 0 spiro atoms. The second-order valence-corrected chi connectivity index (χ2v) is 22.7. The number of hydrogen-bond acceptors (Lipinski definition) is 14. The van der Waals surface area contributed by atoms with Gasteiger partial charge < -0.3 is 39.4 Å². The number of aryl methyl sites for hydroxylation is 4. The first-order valence-corrected chi connectivity index (χ1v) is 27.0. The maximum Gasteiger partial charge on any atom is 0.248 e. The zero-order valence-corrected chi connectivity index (χ0v) is 44.0. The maximum absolute atomic E-state index is 13.1. The van der Waals surface area contributed by atoms with Crippen LogP contribution in [0.4, 0.5) is 0 Å². The Morgan fingerprint density at radius 3 is 1.21 bits per heavy atom. The second-order valence-electron chi connectivity index (χ2n) is 18.8. The van der Waals surface area contributed by atoms with Gasteiger partial charge in [0.1, 0.15) is 24.7 Å². The van der Waals surface area contributed by atoms with Gasteiger partial charge in [0.15, 0.2) is 0 Å². The largest absolute Gasteiger partial charge is 0.497 e. The fourth-order valence-corrected chi connectivity index (χ4v) is 13.2. The summed E-state index contributed by atoms with van der Waals surface area (Å²) in [6.07, 6.45) is 6.27. The molecule has 2 heterocycles. The number of benzene rings is 2. The van der Waals surface area contributed by atoms with Crippen molar-refractivity contribution in [3.63, 3.8) is 0 Å². The predicted octanol–water partition coefficient (Wildman–Crippen LogP) is 2.47. The first-order chi connectivity index (χ1) is 32.3. The highest BCUT2D eigenvalue weighted by molar-refractivity contribution is 7.89. The minimum atomic E-state index is -3.68. The van der Waals surface area contributed by atoms with Gasteiger partial charge in [0, 0.05) is 118 Å². The van der Waals surface area contributed by atoms with Crippen LogP contribution in [0.3, 0.4) is 0 Å². The van der Waals surface area contributed by atoms with Crippen LogP contribution in [-0.2, 0) is 39.1 Å². The molecule has 2 N–H and O–H groups in total. The molecule has 68 heavy (non-hydrogen) atoms. The molecule has 2 amide bonds. The topological polar surface area (TPSA) is 183 Å². The SMILES string of the molecule is COc1cc(C)c(S(=O)(=O)N(C)CCOCC(=O)N(C)C2CCC(N3CCNCC3)C2)c(C)c1.COc1cc(C)c(S(=O)(=O)N(C)CCOCC(=O)N(C)[C@@H]2CC[C@H](N3CCNCC3)C2)c(C)c1. The van der Waals surface area contributed by atoms with Crippen LogP contribution in [-0.4, -0.2) is 215 Å². The van der Waals surface area contributed by atoms with Crippen LogP contribution >= 0.6 is 0 Å². The molecule has 2 unspecified atom stereocenters. The molecule has 6 rings (SSSR count). The van der Waals surface area contributed by atoms with E-state index in [0.29, 0.717) is 45.8 Å². The Balaban J connectivity index is 0.000000254. The fraction of sp³-hybridized carbons (Fsp3) is 0.708. The summed E-state index contributed by atoms with van der Waals surface area (Å²) in [7, 11) is 2.52. The van der Waals surface area contributed by atoms with E-state index in [1.54, 1.807) is 66.2 Å². The molecule has 2 aromatic rings. The molecule has 4 fully saturated rings. The van der Waals surface area contributed by atoms with Crippen LogP contribution in [0.15, 0.2) is 34.1 Å². The van der Waals surface area contributed by atoms with Crippen LogP contribution in [0.1, 0.15) is 60.8 Å². The molecule has 384 valence electrons. The number of carbonyl (C=O) groups excluding carboxylic acids is 2. The van der Waals surface area contributed by atoms with Crippen molar-refractivity contribution in [1.29, 1.82) is 0 Å². The minimum Gasteiger partial charge on any atom is -0.497 e. The lowest BCUT2D eigenvalue weighted by atomic mass is 10.1. The molecule has 4 atom stereocenters. The van der Waals surface area contributed by atoms with Gasteiger partial charge in [-0.25, -0.2) is 16.8 Å². The third kappa shape index (κ3) is 14.3. The molecule has 2 saturated carbocycles. The van der Waals surface area contributed by atoms with E-state index in [9.17, 15) is 26.4 Å². The number of methoxy groups -OCH3 is 2. The Bertz CT molecular complexity index is 2000. The quantitative estimate of drug-likeness (QED) is 0.185. The Morgan fingerprint density at radius 1 is 0.574 bits per heavy atom. The van der Waals surface area contributed by atoms with Crippen molar-refractivity contribution in [2.45, 2.75) is 100 Å². The Labute approximate surface area is 407 Å². The lowest BCUT2D eigenvalue weighted by Crippen LogP contribution is -2.48. The molecular formula is C48H80N8O10S2. The second kappa shape index (κ2) is 25.6. The van der Waals surface area contributed by atoms with Crippen molar-refractivity contribution >= 4 is 31.9 Å². The van der Waals surface area contributed by atoms with Crippen molar-refractivity contribution < 1.29 is 45.4 Å². The first-order valence-electron chi connectivity index (χ1n) is 24.1. The third-order valence-corrected chi connectivity index (χ3v) is 18.5. The summed E-state index contributed by atoms with van der Waals surface area (Å²) in [5.41, 5.74) is 2.54. The molecule has 0 aromatic heterocycles. The summed E-state index contributed by atoms with van der Waals surface area (Å²) in [4.78, 5) is 34.6. The number of carbonyl (C=O) groups is 2. The van der Waals surface area contributed by atoms with Crippen LogP contribution in [0.5, 0.6) is 11.5 Å². The number of sulfonamides is 2. The van der Waals surface area contributed by atoms with E-state index in [0.717, 1.165) is 90.9 Å². The summed E-state index contributed by atoms with van der Waals surface area (Å²) in [5.74, 6) is 1.14. The highest BCUT2D eigenvalue weighted by Gasteiger charge is 2.35. The van der Waals surface area contributed by atoms with E-state index < -0.39 is 20.0 Å². The van der Waals surface area contributed by atoms with Gasteiger partial charge in [-0.05, 0) is 113 Å². The molecule has 2 saturated heterocycles. The number of hydrogen-bond donors (Lipinski definition) is 2. The van der Waals surface area contributed by atoms with Gasteiger partial charge in [-0.3, -0.25) is 19.4 Å². The summed E-state index contributed by atoms with van der Waals surface area (Å²) in [6.45, 7) is 16.0. The summed E-state index contributed by atoms with van der Waals surface area (Å²) in [6, 6.07) is 8.44. The predicted molar refractivity (Wildman–Crippen MR) is 263 cm³/mol. The van der Waals surface area contributed by atoms with Gasteiger partial charge in [-0.2, -0.15) is 8.61 Å². The molecule has 2 aliphatic carbocycles.